The summed E-state index contributed by atoms with van der Waals surface area (Å²) in [5, 5.41) is 9.46. The molecule has 0 fully saturated rings. The van der Waals surface area contributed by atoms with Crippen molar-refractivity contribution in [1.29, 1.82) is 0 Å². The first-order chi connectivity index (χ1) is 11.0. The highest BCUT2D eigenvalue weighted by atomic mass is 35.5. The standard InChI is InChI=1S/C17H15Cl2N3O/c1-11-8-14(22-17(23)20-6-7-21-22)10-16(19)15(11)9-12-2-4-13(18)5-3-12/h2-5,7-8,10H,6,9H2,1H3,(H,20,23). The predicted octanol–water partition coefficient (Wildman–Crippen LogP) is 4.41. The lowest BCUT2D eigenvalue weighted by molar-refractivity contribution is 0.247. The Morgan fingerprint density at radius 2 is 1.96 bits per heavy atom. The Kier molecular flexibility index (Phi) is 4.55. The number of rotatable bonds is 3. The van der Waals surface area contributed by atoms with E-state index in [9.17, 15) is 4.79 Å². The Balaban J connectivity index is 1.91. The van der Waals surface area contributed by atoms with E-state index in [4.69, 9.17) is 23.2 Å². The number of urea groups is 1. The van der Waals surface area contributed by atoms with Crippen LogP contribution in [0.1, 0.15) is 16.7 Å². The first-order valence-corrected chi connectivity index (χ1v) is 7.94. The number of nitrogens with zero attached hydrogens (tertiary/aromatic N) is 2. The van der Waals surface area contributed by atoms with Crippen LogP contribution in [0.2, 0.25) is 10.0 Å². The zero-order valence-electron chi connectivity index (χ0n) is 12.5. The maximum atomic E-state index is 11.9. The van der Waals surface area contributed by atoms with Gasteiger partial charge in [-0.2, -0.15) is 10.1 Å². The summed E-state index contributed by atoms with van der Waals surface area (Å²) in [7, 11) is 0. The van der Waals surface area contributed by atoms with Gasteiger partial charge in [0.1, 0.15) is 0 Å². The number of hydrogen-bond acceptors (Lipinski definition) is 2. The number of amides is 2. The Morgan fingerprint density at radius 3 is 2.61 bits per heavy atom. The minimum Gasteiger partial charge on any atom is -0.331 e. The number of anilines is 1. The fourth-order valence-corrected chi connectivity index (χ4v) is 2.93. The van der Waals surface area contributed by atoms with Crippen LogP contribution in [0.3, 0.4) is 0 Å². The summed E-state index contributed by atoms with van der Waals surface area (Å²) in [5.74, 6) is 0. The van der Waals surface area contributed by atoms with Crippen LogP contribution >= 0.6 is 23.2 Å². The number of hydrogen-bond donors (Lipinski definition) is 1. The van der Waals surface area contributed by atoms with E-state index in [0.29, 0.717) is 28.7 Å². The van der Waals surface area contributed by atoms with E-state index >= 15 is 0 Å². The Bertz CT molecular complexity index is 749. The lowest BCUT2D eigenvalue weighted by Gasteiger charge is -2.22. The smallest absolute Gasteiger partial charge is 0.331 e. The molecule has 2 aromatic rings. The van der Waals surface area contributed by atoms with Crippen LogP contribution in [0.15, 0.2) is 41.5 Å². The van der Waals surface area contributed by atoms with Gasteiger partial charge in [0, 0.05) is 16.3 Å². The molecule has 0 saturated heterocycles. The summed E-state index contributed by atoms with van der Waals surface area (Å²) in [6.07, 6.45) is 2.35. The van der Waals surface area contributed by atoms with Crippen LogP contribution in [0.4, 0.5) is 10.5 Å². The fraction of sp³-hybridized carbons (Fsp3) is 0.176. The molecular formula is C17H15Cl2N3O. The average Bonchev–Trinajstić information content (AvgIpc) is 2.53. The zero-order valence-corrected chi connectivity index (χ0v) is 14.0. The number of nitrogens with one attached hydrogen (secondary N) is 1. The van der Waals surface area contributed by atoms with E-state index < -0.39 is 0 Å². The normalized spacial score (nSPS) is 14.0. The van der Waals surface area contributed by atoms with Gasteiger partial charge in [0.15, 0.2) is 0 Å². The maximum absolute atomic E-state index is 11.9. The summed E-state index contributed by atoms with van der Waals surface area (Å²) < 4.78 is 0. The molecule has 0 atom stereocenters. The van der Waals surface area contributed by atoms with E-state index in [1.807, 2.05) is 37.3 Å². The summed E-state index contributed by atoms with van der Waals surface area (Å²) in [4.78, 5) is 11.9. The highest BCUT2D eigenvalue weighted by molar-refractivity contribution is 6.32. The SMILES string of the molecule is Cc1cc(N2N=CCNC2=O)cc(Cl)c1Cc1ccc(Cl)cc1. The molecule has 118 valence electrons. The quantitative estimate of drug-likeness (QED) is 0.878. The molecule has 2 aromatic carbocycles. The monoisotopic (exact) mass is 347 g/mol. The Hall–Kier alpha value is -2.04. The van der Waals surface area contributed by atoms with Crippen LogP contribution in [0, 0.1) is 6.92 Å². The van der Waals surface area contributed by atoms with Gasteiger partial charge in [-0.1, -0.05) is 35.3 Å². The topological polar surface area (TPSA) is 44.7 Å². The van der Waals surface area contributed by atoms with Gasteiger partial charge < -0.3 is 5.32 Å². The fourth-order valence-electron chi connectivity index (χ4n) is 2.48. The molecule has 4 nitrogen and oxygen atoms in total. The maximum Gasteiger partial charge on any atom is 0.342 e. The van der Waals surface area contributed by atoms with Crippen LogP contribution < -0.4 is 10.3 Å². The average molecular weight is 348 g/mol. The van der Waals surface area contributed by atoms with Gasteiger partial charge in [0.2, 0.25) is 0 Å². The molecule has 1 N–H and O–H groups in total. The third-order valence-corrected chi connectivity index (χ3v) is 4.27. The molecule has 0 radical (unpaired) electrons. The van der Waals surface area contributed by atoms with Gasteiger partial charge >= 0.3 is 6.03 Å². The first kappa shape index (κ1) is 15.8. The molecule has 2 amide bonds. The summed E-state index contributed by atoms with van der Waals surface area (Å²) in [6, 6.07) is 11.1. The van der Waals surface area contributed by atoms with E-state index in [2.05, 4.69) is 10.4 Å². The second-order valence-corrected chi connectivity index (χ2v) is 6.17. The van der Waals surface area contributed by atoms with Crippen LogP contribution in [0.25, 0.3) is 0 Å². The third kappa shape index (κ3) is 3.49. The molecule has 0 spiro atoms. The second kappa shape index (κ2) is 6.60. The van der Waals surface area contributed by atoms with Crippen LogP contribution in [0.5, 0.6) is 0 Å². The lowest BCUT2D eigenvalue weighted by Crippen LogP contribution is -2.41. The number of carbonyl (C=O) groups is 1. The molecule has 6 heteroatoms. The van der Waals surface area contributed by atoms with E-state index in [1.165, 1.54) is 5.01 Å². The van der Waals surface area contributed by atoms with Crippen molar-refractivity contribution in [2.45, 2.75) is 13.3 Å². The Labute approximate surface area is 144 Å². The molecule has 0 bridgehead atoms. The van der Waals surface area contributed by atoms with Crippen LogP contribution in [-0.2, 0) is 6.42 Å². The van der Waals surface area contributed by atoms with Gasteiger partial charge in [-0.3, -0.25) is 0 Å². The summed E-state index contributed by atoms with van der Waals surface area (Å²) >= 11 is 12.4. The molecular weight excluding hydrogens is 333 g/mol. The molecule has 1 heterocycles. The predicted molar refractivity (Wildman–Crippen MR) is 94.8 cm³/mol. The molecule has 0 aromatic heterocycles. The molecule has 0 saturated carbocycles. The number of hydrazone groups is 1. The highest BCUT2D eigenvalue weighted by Crippen LogP contribution is 2.30. The number of aryl methyl sites for hydroxylation is 1. The largest absolute Gasteiger partial charge is 0.342 e. The van der Waals surface area contributed by atoms with Crippen molar-refractivity contribution >= 4 is 41.1 Å². The third-order valence-electron chi connectivity index (χ3n) is 3.68. The molecule has 0 aliphatic carbocycles. The molecule has 23 heavy (non-hydrogen) atoms. The van der Waals surface area contributed by atoms with Crippen molar-refractivity contribution in [3.63, 3.8) is 0 Å². The van der Waals surface area contributed by atoms with E-state index in [1.54, 1.807) is 12.3 Å². The van der Waals surface area contributed by atoms with Crippen molar-refractivity contribution < 1.29 is 4.79 Å². The molecule has 1 aliphatic heterocycles. The van der Waals surface area contributed by atoms with Crippen LogP contribution in [-0.4, -0.2) is 18.8 Å². The minimum absolute atomic E-state index is 0.256. The summed E-state index contributed by atoms with van der Waals surface area (Å²) in [5.41, 5.74) is 3.82. The zero-order chi connectivity index (χ0) is 16.4. The van der Waals surface area contributed by atoms with Crippen molar-refractivity contribution in [3.8, 4) is 0 Å². The van der Waals surface area contributed by atoms with E-state index in [-0.39, 0.29) is 6.03 Å². The van der Waals surface area contributed by atoms with Gasteiger partial charge in [-0.15, -0.1) is 0 Å². The highest BCUT2D eigenvalue weighted by Gasteiger charge is 2.19. The molecule has 0 unspecified atom stereocenters. The number of halogens is 2. The van der Waals surface area contributed by atoms with Gasteiger partial charge in [0.25, 0.3) is 0 Å². The first-order valence-electron chi connectivity index (χ1n) is 7.18. The van der Waals surface area contributed by atoms with Gasteiger partial charge in [-0.25, -0.2) is 4.79 Å². The van der Waals surface area contributed by atoms with Crippen molar-refractivity contribution in [2.24, 2.45) is 5.10 Å². The number of carbonyl (C=O) groups excluding carboxylic acids is 1. The Morgan fingerprint density at radius 1 is 1.22 bits per heavy atom. The summed E-state index contributed by atoms with van der Waals surface area (Å²) in [6.45, 7) is 2.42. The van der Waals surface area contributed by atoms with Crippen molar-refractivity contribution in [3.05, 3.63) is 63.1 Å². The number of benzene rings is 2. The van der Waals surface area contributed by atoms with E-state index in [0.717, 1.165) is 16.7 Å². The van der Waals surface area contributed by atoms with Gasteiger partial charge in [-0.05, 0) is 54.3 Å². The van der Waals surface area contributed by atoms with Crippen molar-refractivity contribution in [2.75, 3.05) is 11.6 Å². The van der Waals surface area contributed by atoms with Crippen molar-refractivity contribution in [1.82, 2.24) is 5.32 Å². The minimum atomic E-state index is -0.256. The molecule has 1 aliphatic rings. The lowest BCUT2D eigenvalue weighted by atomic mass is 10.00. The van der Waals surface area contributed by atoms with Gasteiger partial charge in [0.05, 0.1) is 12.2 Å². The second-order valence-electron chi connectivity index (χ2n) is 5.32. The molecule has 3 rings (SSSR count).